The first-order chi connectivity index (χ1) is 14.9. The minimum absolute atomic E-state index is 0.0724. The number of aryl methyl sites for hydroxylation is 1. The number of hydrogen-bond donors (Lipinski definition) is 1. The summed E-state index contributed by atoms with van der Waals surface area (Å²) in [6, 6.07) is 22.5. The summed E-state index contributed by atoms with van der Waals surface area (Å²) in [5, 5.41) is 13.3. The Kier molecular flexibility index (Phi) is 5.96. The van der Waals surface area contributed by atoms with Gasteiger partial charge in [-0.05, 0) is 31.2 Å². The Hall–Kier alpha value is -2.93. The number of aliphatic hydroxyl groups excluding tert-OH is 1. The van der Waals surface area contributed by atoms with Gasteiger partial charge < -0.3 is 5.11 Å². The van der Waals surface area contributed by atoms with E-state index >= 15 is 0 Å². The second kappa shape index (κ2) is 8.67. The van der Waals surface area contributed by atoms with Crippen LogP contribution in [0.1, 0.15) is 16.1 Å². The molecule has 156 valence electrons. The molecule has 0 amide bonds. The number of rotatable bonds is 5. The lowest BCUT2D eigenvalue weighted by Crippen LogP contribution is -2.07. The molecule has 1 N–H and O–H groups in total. The minimum Gasteiger partial charge on any atom is -0.506 e. The molecule has 0 radical (unpaired) electrons. The summed E-state index contributed by atoms with van der Waals surface area (Å²) < 4.78 is 27.2. The molecule has 7 heteroatoms. The highest BCUT2D eigenvalue weighted by atomic mass is 35.5. The molecule has 31 heavy (non-hydrogen) atoms. The molecule has 3 aromatic carbocycles. The zero-order valence-electron chi connectivity index (χ0n) is 16.5. The van der Waals surface area contributed by atoms with Crippen LogP contribution in [0.5, 0.6) is 0 Å². The van der Waals surface area contributed by atoms with E-state index in [4.69, 9.17) is 11.6 Å². The molecule has 0 bridgehead atoms. The third kappa shape index (κ3) is 4.28. The average Bonchev–Trinajstić information content (AvgIpc) is 3.24. The van der Waals surface area contributed by atoms with Crippen molar-refractivity contribution in [2.45, 2.75) is 11.8 Å². The van der Waals surface area contributed by atoms with E-state index in [-0.39, 0.29) is 25.4 Å². The van der Waals surface area contributed by atoms with Crippen molar-refractivity contribution in [1.82, 2.24) is 4.98 Å². The molecule has 4 aromatic rings. The molecule has 0 atom stereocenters. The van der Waals surface area contributed by atoms with Gasteiger partial charge in [0.1, 0.15) is 15.7 Å². The molecular weight excluding hydrogens is 450 g/mol. The van der Waals surface area contributed by atoms with E-state index in [1.165, 1.54) is 12.1 Å². The fourth-order valence-corrected chi connectivity index (χ4v) is 5.91. The average molecular weight is 468 g/mol. The standard InChI is InChI=1S/C24H18ClNO3S2/c1-16-11-13-18(14-12-16)31(28,29)23(22(27)19-9-5-6-10-20(19)25)24-26-21(15-30-24)17-7-3-2-4-8-17/h2-15,27H,1H3/b23-22+. The molecule has 0 saturated heterocycles. The fourth-order valence-electron chi connectivity index (χ4n) is 3.07. The van der Waals surface area contributed by atoms with Crippen molar-refractivity contribution in [2.24, 2.45) is 0 Å². The van der Waals surface area contributed by atoms with E-state index in [2.05, 4.69) is 4.98 Å². The number of nitrogens with zero attached hydrogens (tertiary/aromatic N) is 1. The van der Waals surface area contributed by atoms with Gasteiger partial charge in [-0.3, -0.25) is 0 Å². The summed E-state index contributed by atoms with van der Waals surface area (Å²) >= 11 is 7.42. The van der Waals surface area contributed by atoms with E-state index in [1.807, 2.05) is 37.3 Å². The number of aromatic nitrogens is 1. The van der Waals surface area contributed by atoms with Crippen molar-refractivity contribution in [3.8, 4) is 11.3 Å². The van der Waals surface area contributed by atoms with Gasteiger partial charge >= 0.3 is 0 Å². The molecule has 0 fully saturated rings. The Labute approximate surface area is 190 Å². The summed E-state index contributed by atoms with van der Waals surface area (Å²) in [6.07, 6.45) is 0. The number of thiazole rings is 1. The largest absolute Gasteiger partial charge is 0.506 e. The van der Waals surface area contributed by atoms with Crippen LogP contribution >= 0.6 is 22.9 Å². The van der Waals surface area contributed by atoms with E-state index in [9.17, 15) is 13.5 Å². The first-order valence-electron chi connectivity index (χ1n) is 9.39. The third-order valence-electron chi connectivity index (χ3n) is 4.71. The lowest BCUT2D eigenvalue weighted by Gasteiger charge is -2.12. The van der Waals surface area contributed by atoms with Gasteiger partial charge in [-0.15, -0.1) is 11.3 Å². The molecule has 0 spiro atoms. The van der Waals surface area contributed by atoms with Crippen molar-refractivity contribution in [1.29, 1.82) is 0 Å². The van der Waals surface area contributed by atoms with Crippen molar-refractivity contribution in [3.63, 3.8) is 0 Å². The molecule has 4 nitrogen and oxygen atoms in total. The normalized spacial score (nSPS) is 12.5. The molecular formula is C24H18ClNO3S2. The number of sulfone groups is 1. The maximum atomic E-state index is 13.6. The predicted molar refractivity (Wildman–Crippen MR) is 127 cm³/mol. The van der Waals surface area contributed by atoms with Gasteiger partial charge in [-0.25, -0.2) is 13.4 Å². The molecule has 0 aliphatic heterocycles. The highest BCUT2D eigenvalue weighted by molar-refractivity contribution is 8.01. The number of halogens is 1. The van der Waals surface area contributed by atoms with Crippen LogP contribution in [-0.2, 0) is 9.84 Å². The maximum Gasteiger partial charge on any atom is 0.213 e. The van der Waals surface area contributed by atoms with E-state index < -0.39 is 15.6 Å². The van der Waals surface area contributed by atoms with Crippen LogP contribution in [0.15, 0.2) is 89.1 Å². The van der Waals surface area contributed by atoms with Gasteiger partial charge in [0, 0.05) is 16.5 Å². The Balaban J connectivity index is 1.95. The van der Waals surface area contributed by atoms with Crippen LogP contribution in [0.4, 0.5) is 0 Å². The zero-order valence-corrected chi connectivity index (χ0v) is 18.9. The molecule has 0 aliphatic rings. The lowest BCUT2D eigenvalue weighted by molar-refractivity contribution is 0.514. The summed E-state index contributed by atoms with van der Waals surface area (Å²) in [6.45, 7) is 1.88. The Morgan fingerprint density at radius 1 is 0.935 bits per heavy atom. The second-order valence-electron chi connectivity index (χ2n) is 6.88. The molecule has 0 saturated carbocycles. The van der Waals surface area contributed by atoms with Crippen LogP contribution in [0.25, 0.3) is 21.9 Å². The number of aliphatic hydroxyl groups is 1. The van der Waals surface area contributed by atoms with Crippen molar-refractivity contribution < 1.29 is 13.5 Å². The quantitative estimate of drug-likeness (QED) is 0.334. The van der Waals surface area contributed by atoms with Crippen LogP contribution in [0, 0.1) is 6.92 Å². The van der Waals surface area contributed by atoms with E-state index in [0.29, 0.717) is 5.69 Å². The minimum atomic E-state index is -4.08. The topological polar surface area (TPSA) is 67.3 Å². The SMILES string of the molecule is Cc1ccc(S(=O)(=O)/C(=C(/O)c2ccccc2Cl)c2nc(-c3ccccc3)cs2)cc1. The van der Waals surface area contributed by atoms with E-state index in [1.54, 1.807) is 41.8 Å². The smallest absolute Gasteiger partial charge is 0.213 e. The lowest BCUT2D eigenvalue weighted by atomic mass is 10.1. The van der Waals surface area contributed by atoms with Gasteiger partial charge in [0.05, 0.1) is 15.6 Å². The molecule has 4 rings (SSSR count). The molecule has 1 aromatic heterocycles. The van der Waals surface area contributed by atoms with Gasteiger partial charge in [-0.1, -0.05) is 71.8 Å². The maximum absolute atomic E-state index is 13.6. The van der Waals surface area contributed by atoms with Crippen LogP contribution < -0.4 is 0 Å². The highest BCUT2D eigenvalue weighted by Crippen LogP contribution is 2.38. The first kappa shape index (κ1) is 21.3. The van der Waals surface area contributed by atoms with Gasteiger partial charge in [0.15, 0.2) is 0 Å². The molecule has 0 aliphatic carbocycles. The van der Waals surface area contributed by atoms with Gasteiger partial charge in [-0.2, -0.15) is 0 Å². The van der Waals surface area contributed by atoms with Crippen LogP contribution in [0.2, 0.25) is 5.02 Å². The predicted octanol–water partition coefficient (Wildman–Crippen LogP) is 6.63. The zero-order chi connectivity index (χ0) is 22.0. The summed E-state index contributed by atoms with van der Waals surface area (Å²) in [7, 11) is -4.08. The number of benzene rings is 3. The summed E-state index contributed by atoms with van der Waals surface area (Å²) in [4.78, 5) is 4.35. The Morgan fingerprint density at radius 3 is 2.26 bits per heavy atom. The Morgan fingerprint density at radius 2 is 1.58 bits per heavy atom. The van der Waals surface area contributed by atoms with Gasteiger partial charge in [0.2, 0.25) is 9.84 Å². The van der Waals surface area contributed by atoms with E-state index in [0.717, 1.165) is 22.5 Å². The summed E-state index contributed by atoms with van der Waals surface area (Å²) in [5.74, 6) is -0.430. The molecule has 0 unspecified atom stereocenters. The monoisotopic (exact) mass is 467 g/mol. The first-order valence-corrected chi connectivity index (χ1v) is 12.1. The van der Waals surface area contributed by atoms with Crippen LogP contribution in [-0.4, -0.2) is 18.5 Å². The second-order valence-corrected chi connectivity index (χ2v) is 10.0. The molecule has 1 heterocycles. The van der Waals surface area contributed by atoms with Crippen molar-refractivity contribution in [2.75, 3.05) is 0 Å². The third-order valence-corrected chi connectivity index (χ3v) is 7.85. The highest BCUT2D eigenvalue weighted by Gasteiger charge is 2.30. The van der Waals surface area contributed by atoms with Gasteiger partial charge in [0.25, 0.3) is 0 Å². The number of hydrogen-bond acceptors (Lipinski definition) is 5. The Bertz CT molecular complexity index is 1360. The van der Waals surface area contributed by atoms with Crippen molar-refractivity contribution in [3.05, 3.63) is 105 Å². The van der Waals surface area contributed by atoms with Crippen molar-refractivity contribution >= 4 is 43.4 Å². The fraction of sp³-hybridized carbons (Fsp3) is 0.0417. The van der Waals surface area contributed by atoms with Crippen LogP contribution in [0.3, 0.4) is 0 Å². The summed E-state index contributed by atoms with van der Waals surface area (Å²) in [5.41, 5.74) is 2.64.